The number of rotatable bonds is 2. The molecule has 6 heteroatoms. The molecule has 1 N–H and O–H groups in total. The van der Waals surface area contributed by atoms with Gasteiger partial charge in [0.1, 0.15) is 0 Å². The van der Waals surface area contributed by atoms with Gasteiger partial charge in [-0.2, -0.15) is 5.10 Å². The van der Waals surface area contributed by atoms with Gasteiger partial charge in [-0.25, -0.2) is 8.42 Å². The first-order valence-electron chi connectivity index (χ1n) is 6.55. The number of nitrogens with zero attached hydrogens (tertiary/aromatic N) is 2. The number of sulfone groups is 1. The molecule has 0 aromatic carbocycles. The van der Waals surface area contributed by atoms with Crippen molar-refractivity contribution < 1.29 is 8.42 Å². The van der Waals surface area contributed by atoms with E-state index in [9.17, 15) is 8.42 Å². The lowest BCUT2D eigenvalue weighted by molar-refractivity contribution is 0.443. The summed E-state index contributed by atoms with van der Waals surface area (Å²) in [5.41, 5.74) is 2.50. The lowest BCUT2D eigenvalue weighted by Crippen LogP contribution is -2.23. The van der Waals surface area contributed by atoms with Gasteiger partial charge < -0.3 is 5.32 Å². The Bertz CT molecular complexity index is 550. The van der Waals surface area contributed by atoms with Crippen LogP contribution in [0.25, 0.3) is 0 Å². The van der Waals surface area contributed by atoms with Crippen LogP contribution in [0.3, 0.4) is 0 Å². The van der Waals surface area contributed by atoms with Gasteiger partial charge in [-0.1, -0.05) is 0 Å². The van der Waals surface area contributed by atoms with E-state index in [2.05, 4.69) is 10.4 Å². The molecule has 0 amide bonds. The van der Waals surface area contributed by atoms with E-state index in [1.807, 2.05) is 17.9 Å². The van der Waals surface area contributed by atoms with Crippen LogP contribution in [0.15, 0.2) is 6.20 Å². The largest absolute Gasteiger partial charge is 0.313 e. The quantitative estimate of drug-likeness (QED) is 0.864. The SMILES string of the molecule is CNC1CCCc2c1cnn2C1CCS(=O)(=O)C1. The third-order valence-electron chi connectivity index (χ3n) is 4.12. The molecule has 1 saturated heterocycles. The van der Waals surface area contributed by atoms with E-state index in [1.54, 1.807) is 0 Å². The second-order valence-electron chi connectivity index (χ2n) is 5.28. The molecule has 0 bridgehead atoms. The van der Waals surface area contributed by atoms with Crippen molar-refractivity contribution in [2.24, 2.45) is 0 Å². The molecule has 2 atom stereocenters. The van der Waals surface area contributed by atoms with Gasteiger partial charge >= 0.3 is 0 Å². The molecule has 1 aliphatic carbocycles. The minimum atomic E-state index is -2.84. The maximum absolute atomic E-state index is 11.6. The van der Waals surface area contributed by atoms with E-state index in [1.165, 1.54) is 11.3 Å². The molecule has 1 fully saturated rings. The highest BCUT2D eigenvalue weighted by atomic mass is 32.2. The molecule has 0 saturated carbocycles. The van der Waals surface area contributed by atoms with E-state index in [-0.39, 0.29) is 11.8 Å². The van der Waals surface area contributed by atoms with Gasteiger partial charge in [0.15, 0.2) is 9.84 Å². The zero-order valence-corrected chi connectivity index (χ0v) is 11.4. The minimum absolute atomic E-state index is 0.0503. The second kappa shape index (κ2) is 4.35. The van der Waals surface area contributed by atoms with Crippen LogP contribution in [-0.4, -0.2) is 36.8 Å². The first kappa shape index (κ1) is 12.2. The first-order chi connectivity index (χ1) is 8.61. The highest BCUT2D eigenvalue weighted by Gasteiger charge is 2.33. The van der Waals surface area contributed by atoms with Crippen LogP contribution in [0, 0.1) is 0 Å². The molecular formula is C12H19N3O2S. The first-order valence-corrected chi connectivity index (χ1v) is 8.37. The van der Waals surface area contributed by atoms with Crippen LogP contribution < -0.4 is 5.32 Å². The maximum atomic E-state index is 11.6. The monoisotopic (exact) mass is 269 g/mol. The highest BCUT2D eigenvalue weighted by Crippen LogP contribution is 2.33. The van der Waals surface area contributed by atoms with E-state index in [0.29, 0.717) is 18.2 Å². The number of aromatic nitrogens is 2. The smallest absolute Gasteiger partial charge is 0.152 e. The lowest BCUT2D eigenvalue weighted by Gasteiger charge is -2.23. The Balaban J connectivity index is 1.93. The molecule has 1 aromatic rings. The van der Waals surface area contributed by atoms with Gasteiger partial charge in [-0.15, -0.1) is 0 Å². The summed E-state index contributed by atoms with van der Waals surface area (Å²) in [4.78, 5) is 0. The van der Waals surface area contributed by atoms with E-state index in [0.717, 1.165) is 19.3 Å². The zero-order chi connectivity index (χ0) is 12.8. The van der Waals surface area contributed by atoms with Gasteiger partial charge in [0.25, 0.3) is 0 Å². The molecule has 5 nitrogen and oxygen atoms in total. The van der Waals surface area contributed by atoms with Crippen molar-refractivity contribution in [1.29, 1.82) is 0 Å². The van der Waals surface area contributed by atoms with Crippen LogP contribution in [0.2, 0.25) is 0 Å². The van der Waals surface area contributed by atoms with Crippen molar-refractivity contribution >= 4 is 9.84 Å². The summed E-state index contributed by atoms with van der Waals surface area (Å²) in [6, 6.07) is 0.426. The van der Waals surface area contributed by atoms with Crippen LogP contribution in [0.1, 0.15) is 42.6 Å². The van der Waals surface area contributed by atoms with Crippen LogP contribution >= 0.6 is 0 Å². The predicted octanol–water partition coefficient (Wildman–Crippen LogP) is 0.839. The lowest BCUT2D eigenvalue weighted by atomic mass is 9.93. The summed E-state index contributed by atoms with van der Waals surface area (Å²) in [5, 5.41) is 7.76. The minimum Gasteiger partial charge on any atom is -0.313 e. The Morgan fingerprint density at radius 2 is 2.28 bits per heavy atom. The topological polar surface area (TPSA) is 64.0 Å². The van der Waals surface area contributed by atoms with Crippen molar-refractivity contribution in [2.75, 3.05) is 18.6 Å². The Hall–Kier alpha value is -0.880. The Labute approximate surface area is 107 Å². The van der Waals surface area contributed by atoms with E-state index < -0.39 is 9.84 Å². The third kappa shape index (κ3) is 1.97. The number of hydrogen-bond acceptors (Lipinski definition) is 4. The van der Waals surface area contributed by atoms with Crippen LogP contribution in [0.4, 0.5) is 0 Å². The second-order valence-corrected chi connectivity index (χ2v) is 7.51. The maximum Gasteiger partial charge on any atom is 0.152 e. The molecule has 1 aromatic heterocycles. The van der Waals surface area contributed by atoms with Gasteiger partial charge in [0.2, 0.25) is 0 Å². The van der Waals surface area contributed by atoms with E-state index in [4.69, 9.17) is 0 Å². The summed E-state index contributed by atoms with van der Waals surface area (Å²) in [6.45, 7) is 0. The molecule has 2 heterocycles. The summed E-state index contributed by atoms with van der Waals surface area (Å²) < 4.78 is 25.1. The molecule has 100 valence electrons. The van der Waals surface area contributed by atoms with Gasteiger partial charge in [-0.3, -0.25) is 4.68 Å². The highest BCUT2D eigenvalue weighted by molar-refractivity contribution is 7.91. The Morgan fingerprint density at radius 3 is 2.94 bits per heavy atom. The summed E-state index contributed by atoms with van der Waals surface area (Å²) in [7, 11) is -0.874. The summed E-state index contributed by atoms with van der Waals surface area (Å²) >= 11 is 0. The average molecular weight is 269 g/mol. The van der Waals surface area contributed by atoms with Crippen molar-refractivity contribution in [3.05, 3.63) is 17.5 Å². The van der Waals surface area contributed by atoms with Crippen LogP contribution in [0.5, 0.6) is 0 Å². The molecule has 2 aliphatic rings. The predicted molar refractivity (Wildman–Crippen MR) is 69.3 cm³/mol. The fourth-order valence-corrected chi connectivity index (χ4v) is 4.85. The molecule has 2 unspecified atom stereocenters. The number of hydrogen-bond donors (Lipinski definition) is 1. The molecule has 0 spiro atoms. The molecule has 0 radical (unpaired) electrons. The molecular weight excluding hydrogens is 250 g/mol. The zero-order valence-electron chi connectivity index (χ0n) is 10.6. The number of fused-ring (bicyclic) bond motifs is 1. The standard InChI is InChI=1S/C12H19N3O2S/c1-13-11-3-2-4-12-10(11)7-14-15(12)9-5-6-18(16,17)8-9/h7,9,11,13H,2-6,8H2,1H3. The molecule has 18 heavy (non-hydrogen) atoms. The van der Waals surface area contributed by atoms with Gasteiger partial charge in [-0.05, 0) is 32.7 Å². The van der Waals surface area contributed by atoms with Crippen molar-refractivity contribution in [3.63, 3.8) is 0 Å². The summed E-state index contributed by atoms with van der Waals surface area (Å²) in [6.07, 6.45) is 5.92. The fourth-order valence-electron chi connectivity index (χ4n) is 3.16. The van der Waals surface area contributed by atoms with Crippen molar-refractivity contribution in [1.82, 2.24) is 15.1 Å². The van der Waals surface area contributed by atoms with Gasteiger partial charge in [0, 0.05) is 17.3 Å². The summed E-state index contributed by atoms with van der Waals surface area (Å²) in [5.74, 6) is 0.563. The molecule has 3 rings (SSSR count). The van der Waals surface area contributed by atoms with Crippen molar-refractivity contribution in [2.45, 2.75) is 37.8 Å². The Morgan fingerprint density at radius 1 is 1.44 bits per heavy atom. The molecule has 1 aliphatic heterocycles. The Kier molecular flexibility index (Phi) is 2.94. The van der Waals surface area contributed by atoms with Crippen LogP contribution in [-0.2, 0) is 16.3 Å². The van der Waals surface area contributed by atoms with Crippen molar-refractivity contribution in [3.8, 4) is 0 Å². The van der Waals surface area contributed by atoms with Gasteiger partial charge in [0.05, 0.1) is 23.7 Å². The third-order valence-corrected chi connectivity index (χ3v) is 5.87. The number of nitrogens with one attached hydrogen (secondary N) is 1. The fraction of sp³-hybridized carbons (Fsp3) is 0.750. The van der Waals surface area contributed by atoms with E-state index >= 15 is 0 Å². The average Bonchev–Trinajstić information content (AvgIpc) is 2.91. The normalized spacial score (nSPS) is 30.3.